The van der Waals surface area contributed by atoms with Crippen LogP contribution in [-0.4, -0.2) is 23.1 Å². The van der Waals surface area contributed by atoms with Crippen LogP contribution in [0, 0.1) is 6.92 Å². The number of aliphatic hydroxyl groups excluding tert-OH is 1. The topological polar surface area (TPSA) is 56.0 Å². The molecular weight excluding hydrogens is 336 g/mol. The minimum atomic E-state index is 0.0508. The minimum Gasteiger partial charge on any atom is -0.454 e. The van der Waals surface area contributed by atoms with Crippen molar-refractivity contribution in [3.05, 3.63) is 58.2 Å². The lowest BCUT2D eigenvalue weighted by molar-refractivity contribution is 0.174. The number of ether oxygens (including phenoxy) is 2. The van der Waals surface area contributed by atoms with E-state index in [4.69, 9.17) is 14.5 Å². The van der Waals surface area contributed by atoms with E-state index in [1.54, 1.807) is 11.3 Å². The van der Waals surface area contributed by atoms with Crippen molar-refractivity contribution in [1.29, 1.82) is 0 Å². The summed E-state index contributed by atoms with van der Waals surface area (Å²) >= 11 is 1.56. The fourth-order valence-electron chi connectivity index (χ4n) is 2.81. The van der Waals surface area contributed by atoms with Gasteiger partial charge in [0.15, 0.2) is 16.3 Å². The van der Waals surface area contributed by atoms with E-state index in [1.165, 1.54) is 0 Å². The molecule has 4 rings (SSSR count). The summed E-state index contributed by atoms with van der Waals surface area (Å²) in [4.78, 5) is 5.65. The van der Waals surface area contributed by atoms with E-state index in [9.17, 15) is 5.11 Å². The quantitative estimate of drug-likeness (QED) is 0.780. The molecule has 0 unspecified atom stereocenters. The molecule has 0 aliphatic carbocycles. The molecule has 1 aromatic heterocycles. The van der Waals surface area contributed by atoms with Gasteiger partial charge in [-0.1, -0.05) is 18.2 Å². The molecule has 0 atom stereocenters. The molecule has 0 radical (unpaired) electrons. The molecule has 2 aromatic carbocycles. The number of aryl methyl sites for hydroxylation is 1. The van der Waals surface area contributed by atoms with Crippen LogP contribution in [0.1, 0.15) is 5.56 Å². The lowest BCUT2D eigenvalue weighted by Gasteiger charge is -2.08. The Hall–Kier alpha value is -2.57. The number of para-hydroxylation sites is 1. The van der Waals surface area contributed by atoms with E-state index < -0.39 is 0 Å². The third kappa shape index (κ3) is 3.06. The lowest BCUT2D eigenvalue weighted by Crippen LogP contribution is -2.18. The number of nitrogens with zero attached hydrogens (tertiary/aromatic N) is 2. The summed E-state index contributed by atoms with van der Waals surface area (Å²) in [6.45, 7) is 2.84. The molecule has 128 valence electrons. The summed E-state index contributed by atoms with van der Waals surface area (Å²) < 4.78 is 12.9. The SMILES string of the molecule is Cc1ccccc1N=c1scc(-c2ccc3c(c2)OCO3)n1CCO. The normalized spacial score (nSPS) is 13.4. The number of hydrogen-bond donors (Lipinski definition) is 1. The zero-order valence-electron chi connectivity index (χ0n) is 13.8. The molecule has 0 amide bonds. The van der Waals surface area contributed by atoms with Gasteiger partial charge in [-0.05, 0) is 36.8 Å². The molecule has 25 heavy (non-hydrogen) atoms. The number of fused-ring (bicyclic) bond motifs is 1. The number of benzene rings is 2. The Bertz CT molecular complexity index is 975. The van der Waals surface area contributed by atoms with Gasteiger partial charge in [0.1, 0.15) is 0 Å². The molecule has 0 saturated heterocycles. The summed E-state index contributed by atoms with van der Waals surface area (Å²) in [5.41, 5.74) is 4.08. The lowest BCUT2D eigenvalue weighted by atomic mass is 10.1. The van der Waals surface area contributed by atoms with Crippen molar-refractivity contribution in [2.24, 2.45) is 4.99 Å². The van der Waals surface area contributed by atoms with Crippen LogP contribution >= 0.6 is 11.3 Å². The Morgan fingerprint density at radius 1 is 1.16 bits per heavy atom. The van der Waals surface area contributed by atoms with Gasteiger partial charge in [-0.15, -0.1) is 11.3 Å². The van der Waals surface area contributed by atoms with Crippen LogP contribution in [-0.2, 0) is 6.54 Å². The Morgan fingerprint density at radius 2 is 2.00 bits per heavy atom. The largest absolute Gasteiger partial charge is 0.454 e. The van der Waals surface area contributed by atoms with Crippen molar-refractivity contribution in [1.82, 2.24) is 4.57 Å². The fraction of sp³-hybridized carbons (Fsp3) is 0.211. The number of rotatable bonds is 4. The summed E-state index contributed by atoms with van der Waals surface area (Å²) in [7, 11) is 0. The Balaban J connectivity index is 1.82. The van der Waals surface area contributed by atoms with E-state index in [0.717, 1.165) is 38.8 Å². The van der Waals surface area contributed by atoms with Crippen LogP contribution < -0.4 is 14.3 Å². The van der Waals surface area contributed by atoms with Crippen LogP contribution in [0.4, 0.5) is 5.69 Å². The van der Waals surface area contributed by atoms with E-state index in [0.29, 0.717) is 6.54 Å². The van der Waals surface area contributed by atoms with Crippen molar-refractivity contribution < 1.29 is 14.6 Å². The summed E-state index contributed by atoms with van der Waals surface area (Å²) in [5, 5.41) is 11.6. The molecule has 3 aromatic rings. The van der Waals surface area contributed by atoms with Gasteiger partial charge in [-0.2, -0.15) is 0 Å². The smallest absolute Gasteiger partial charge is 0.231 e. The van der Waals surface area contributed by atoms with E-state index in [1.807, 2.05) is 54.0 Å². The first-order chi connectivity index (χ1) is 12.3. The van der Waals surface area contributed by atoms with E-state index >= 15 is 0 Å². The number of aliphatic hydroxyl groups is 1. The average Bonchev–Trinajstić information content (AvgIpc) is 3.24. The van der Waals surface area contributed by atoms with Crippen LogP contribution in [0.25, 0.3) is 11.3 Å². The summed E-state index contributed by atoms with van der Waals surface area (Å²) in [6.07, 6.45) is 0. The zero-order valence-corrected chi connectivity index (χ0v) is 14.6. The monoisotopic (exact) mass is 354 g/mol. The molecule has 0 bridgehead atoms. The first kappa shape index (κ1) is 15.9. The molecule has 0 saturated carbocycles. The summed E-state index contributed by atoms with van der Waals surface area (Å²) in [6, 6.07) is 13.9. The molecule has 1 N–H and O–H groups in total. The maximum Gasteiger partial charge on any atom is 0.231 e. The highest BCUT2D eigenvalue weighted by atomic mass is 32.1. The predicted octanol–water partition coefficient (Wildman–Crippen LogP) is 3.48. The van der Waals surface area contributed by atoms with Gasteiger partial charge in [0.2, 0.25) is 6.79 Å². The van der Waals surface area contributed by atoms with Gasteiger partial charge >= 0.3 is 0 Å². The van der Waals surface area contributed by atoms with Crippen LogP contribution in [0.15, 0.2) is 52.8 Å². The van der Waals surface area contributed by atoms with E-state index in [2.05, 4.69) is 5.38 Å². The molecule has 1 aliphatic heterocycles. The van der Waals surface area contributed by atoms with Crippen molar-refractivity contribution in [2.45, 2.75) is 13.5 Å². The Morgan fingerprint density at radius 3 is 2.84 bits per heavy atom. The molecule has 0 spiro atoms. The van der Waals surface area contributed by atoms with Crippen molar-refractivity contribution >= 4 is 17.0 Å². The van der Waals surface area contributed by atoms with Gasteiger partial charge < -0.3 is 19.1 Å². The highest BCUT2D eigenvalue weighted by molar-refractivity contribution is 7.07. The zero-order chi connectivity index (χ0) is 17.2. The van der Waals surface area contributed by atoms with Crippen LogP contribution in [0.5, 0.6) is 11.5 Å². The Labute approximate surface area is 149 Å². The standard InChI is InChI=1S/C19H18N2O3S/c1-13-4-2-3-5-15(13)20-19-21(8-9-22)16(11-25-19)14-6-7-17-18(10-14)24-12-23-17/h2-7,10-11,22H,8-9,12H2,1H3. The molecular formula is C19H18N2O3S. The van der Waals surface area contributed by atoms with Gasteiger partial charge in [-0.3, -0.25) is 0 Å². The first-order valence-corrected chi connectivity index (χ1v) is 8.94. The number of hydrogen-bond acceptors (Lipinski definition) is 5. The van der Waals surface area contributed by atoms with Gasteiger partial charge in [0, 0.05) is 17.5 Å². The molecule has 1 aliphatic rings. The molecule has 6 heteroatoms. The second-order valence-electron chi connectivity index (χ2n) is 5.75. The van der Waals surface area contributed by atoms with Crippen molar-refractivity contribution in [2.75, 3.05) is 13.4 Å². The minimum absolute atomic E-state index is 0.0508. The van der Waals surface area contributed by atoms with Gasteiger partial charge in [-0.25, -0.2) is 4.99 Å². The highest BCUT2D eigenvalue weighted by Gasteiger charge is 2.16. The summed E-state index contributed by atoms with van der Waals surface area (Å²) in [5.74, 6) is 1.51. The highest BCUT2D eigenvalue weighted by Crippen LogP contribution is 2.36. The molecule has 0 fully saturated rings. The second kappa shape index (κ2) is 6.74. The van der Waals surface area contributed by atoms with E-state index in [-0.39, 0.29) is 13.4 Å². The maximum atomic E-state index is 9.51. The van der Waals surface area contributed by atoms with Crippen molar-refractivity contribution in [3.63, 3.8) is 0 Å². The first-order valence-electron chi connectivity index (χ1n) is 8.06. The van der Waals surface area contributed by atoms with Crippen LogP contribution in [0.2, 0.25) is 0 Å². The van der Waals surface area contributed by atoms with Gasteiger partial charge in [0.25, 0.3) is 0 Å². The maximum absolute atomic E-state index is 9.51. The number of thiazole rings is 1. The Kier molecular flexibility index (Phi) is 4.29. The van der Waals surface area contributed by atoms with Gasteiger partial charge in [0.05, 0.1) is 18.0 Å². The second-order valence-corrected chi connectivity index (χ2v) is 6.58. The molecule has 5 nitrogen and oxygen atoms in total. The number of aromatic nitrogens is 1. The van der Waals surface area contributed by atoms with Crippen molar-refractivity contribution in [3.8, 4) is 22.8 Å². The average molecular weight is 354 g/mol. The van der Waals surface area contributed by atoms with Crippen LogP contribution in [0.3, 0.4) is 0 Å². The molecule has 2 heterocycles. The third-order valence-electron chi connectivity index (χ3n) is 4.12. The third-order valence-corrected chi connectivity index (χ3v) is 4.98. The predicted molar refractivity (Wildman–Crippen MR) is 97.4 cm³/mol. The fourth-order valence-corrected chi connectivity index (χ4v) is 3.76.